The van der Waals surface area contributed by atoms with Crippen LogP contribution in [0.3, 0.4) is 0 Å². The van der Waals surface area contributed by atoms with Crippen molar-refractivity contribution in [1.29, 1.82) is 0 Å². The fourth-order valence-electron chi connectivity index (χ4n) is 1.45. The van der Waals surface area contributed by atoms with Gasteiger partial charge in [0, 0.05) is 0 Å². The van der Waals surface area contributed by atoms with E-state index in [0.29, 0.717) is 16.6 Å². The zero-order valence-electron chi connectivity index (χ0n) is 9.62. The van der Waals surface area contributed by atoms with Crippen LogP contribution in [0.15, 0.2) is 18.2 Å². The highest BCUT2D eigenvalue weighted by Crippen LogP contribution is 2.25. The van der Waals surface area contributed by atoms with Crippen molar-refractivity contribution in [2.24, 2.45) is 5.92 Å². The second kappa shape index (κ2) is 5.06. The second-order valence-corrected chi connectivity index (χ2v) is 6.44. The molecule has 0 aliphatic carbocycles. The Morgan fingerprint density at radius 3 is 2.50 bits per heavy atom. The lowest BCUT2D eigenvalue weighted by Gasteiger charge is -2.10. The van der Waals surface area contributed by atoms with E-state index in [0.717, 1.165) is 18.2 Å². The molecular weight excluding hydrogens is 246 g/mol. The molecule has 16 heavy (non-hydrogen) atoms. The van der Waals surface area contributed by atoms with Gasteiger partial charge in [-0.3, -0.25) is 4.72 Å². The van der Waals surface area contributed by atoms with E-state index in [9.17, 15) is 8.42 Å². The highest BCUT2D eigenvalue weighted by molar-refractivity contribution is 7.92. The number of benzene rings is 1. The van der Waals surface area contributed by atoms with Crippen molar-refractivity contribution in [3.63, 3.8) is 0 Å². The lowest BCUT2D eigenvalue weighted by molar-refractivity contribution is 0.607. The van der Waals surface area contributed by atoms with Crippen molar-refractivity contribution in [2.45, 2.75) is 20.3 Å². The van der Waals surface area contributed by atoms with Crippen LogP contribution in [-0.4, -0.2) is 14.7 Å². The third kappa shape index (κ3) is 4.41. The van der Waals surface area contributed by atoms with Gasteiger partial charge in [-0.25, -0.2) is 8.42 Å². The van der Waals surface area contributed by atoms with Crippen LogP contribution in [0.25, 0.3) is 0 Å². The van der Waals surface area contributed by atoms with E-state index in [4.69, 9.17) is 11.6 Å². The zero-order valence-corrected chi connectivity index (χ0v) is 11.2. The molecule has 1 N–H and O–H groups in total. The largest absolute Gasteiger partial charge is 0.282 e. The van der Waals surface area contributed by atoms with Crippen molar-refractivity contribution < 1.29 is 8.42 Å². The van der Waals surface area contributed by atoms with E-state index < -0.39 is 10.0 Å². The minimum absolute atomic E-state index is 0.415. The van der Waals surface area contributed by atoms with Gasteiger partial charge < -0.3 is 0 Å². The molecular formula is C11H16ClNO2S. The van der Waals surface area contributed by atoms with Crippen molar-refractivity contribution in [3.05, 3.63) is 28.8 Å². The van der Waals surface area contributed by atoms with E-state index in [1.165, 1.54) is 0 Å². The number of rotatable bonds is 4. The number of anilines is 1. The molecule has 0 aromatic heterocycles. The van der Waals surface area contributed by atoms with Crippen LogP contribution in [-0.2, 0) is 16.4 Å². The summed E-state index contributed by atoms with van der Waals surface area (Å²) in [6.07, 6.45) is 2.01. The molecule has 0 atom stereocenters. The van der Waals surface area contributed by atoms with Gasteiger partial charge in [0.05, 0.1) is 17.0 Å². The van der Waals surface area contributed by atoms with Gasteiger partial charge in [-0.05, 0) is 30.0 Å². The van der Waals surface area contributed by atoms with Gasteiger partial charge in [-0.1, -0.05) is 31.5 Å². The van der Waals surface area contributed by atoms with Crippen LogP contribution >= 0.6 is 11.6 Å². The average Bonchev–Trinajstić information content (AvgIpc) is 2.07. The maximum absolute atomic E-state index is 11.1. The quantitative estimate of drug-likeness (QED) is 0.906. The Morgan fingerprint density at radius 1 is 1.38 bits per heavy atom. The molecule has 0 radical (unpaired) electrons. The SMILES string of the molecule is CC(C)Cc1ccc(Cl)c(NS(C)(=O)=O)c1. The Hall–Kier alpha value is -0.740. The first-order valence-corrected chi connectivity index (χ1v) is 7.31. The van der Waals surface area contributed by atoms with E-state index in [-0.39, 0.29) is 0 Å². The lowest BCUT2D eigenvalue weighted by Crippen LogP contribution is -2.10. The van der Waals surface area contributed by atoms with Crippen LogP contribution in [0.5, 0.6) is 0 Å². The first kappa shape index (κ1) is 13.3. The molecule has 0 unspecified atom stereocenters. The summed E-state index contributed by atoms with van der Waals surface area (Å²) >= 11 is 5.91. The fraction of sp³-hybridized carbons (Fsp3) is 0.455. The summed E-state index contributed by atoms with van der Waals surface area (Å²) in [5.74, 6) is 0.521. The number of halogens is 1. The molecule has 0 aliphatic rings. The number of sulfonamides is 1. The van der Waals surface area contributed by atoms with E-state index >= 15 is 0 Å². The molecule has 0 fully saturated rings. The molecule has 0 bridgehead atoms. The number of hydrogen-bond donors (Lipinski definition) is 1. The Balaban J connectivity index is 2.99. The molecule has 0 aliphatic heterocycles. The van der Waals surface area contributed by atoms with Gasteiger partial charge in [0.25, 0.3) is 0 Å². The summed E-state index contributed by atoms with van der Waals surface area (Å²) in [6.45, 7) is 4.22. The van der Waals surface area contributed by atoms with Gasteiger partial charge in [0.2, 0.25) is 10.0 Å². The Labute approximate surface area is 102 Å². The Kier molecular flexibility index (Phi) is 4.21. The van der Waals surface area contributed by atoms with Crippen molar-refractivity contribution in [1.82, 2.24) is 0 Å². The van der Waals surface area contributed by atoms with Crippen LogP contribution < -0.4 is 4.72 Å². The molecule has 0 saturated carbocycles. The monoisotopic (exact) mass is 261 g/mol. The molecule has 0 spiro atoms. The molecule has 1 aromatic carbocycles. The van der Waals surface area contributed by atoms with Crippen LogP contribution in [0, 0.1) is 5.92 Å². The van der Waals surface area contributed by atoms with E-state index in [1.807, 2.05) is 6.07 Å². The van der Waals surface area contributed by atoms with Crippen molar-refractivity contribution in [3.8, 4) is 0 Å². The number of nitrogens with one attached hydrogen (secondary N) is 1. The fourth-order valence-corrected chi connectivity index (χ4v) is 2.24. The van der Waals surface area contributed by atoms with Crippen LogP contribution in [0.4, 0.5) is 5.69 Å². The predicted molar refractivity (Wildman–Crippen MR) is 68.5 cm³/mol. The maximum Gasteiger partial charge on any atom is 0.229 e. The third-order valence-electron chi connectivity index (χ3n) is 1.97. The summed E-state index contributed by atoms with van der Waals surface area (Å²) in [5.41, 5.74) is 1.52. The van der Waals surface area contributed by atoms with Gasteiger partial charge in [0.1, 0.15) is 0 Å². The highest BCUT2D eigenvalue weighted by Gasteiger charge is 2.07. The van der Waals surface area contributed by atoms with Gasteiger partial charge >= 0.3 is 0 Å². The first-order valence-electron chi connectivity index (χ1n) is 5.04. The molecule has 3 nitrogen and oxygen atoms in total. The number of hydrogen-bond acceptors (Lipinski definition) is 2. The topological polar surface area (TPSA) is 46.2 Å². The third-order valence-corrected chi connectivity index (χ3v) is 2.89. The van der Waals surface area contributed by atoms with E-state index in [2.05, 4.69) is 18.6 Å². The van der Waals surface area contributed by atoms with Crippen molar-refractivity contribution >= 4 is 27.3 Å². The molecule has 1 aromatic rings. The molecule has 90 valence electrons. The zero-order chi connectivity index (χ0) is 12.3. The summed E-state index contributed by atoms with van der Waals surface area (Å²) in [7, 11) is -3.28. The highest BCUT2D eigenvalue weighted by atomic mass is 35.5. The van der Waals surface area contributed by atoms with Gasteiger partial charge in [-0.2, -0.15) is 0 Å². The predicted octanol–water partition coefficient (Wildman–Crippen LogP) is 2.91. The minimum atomic E-state index is -3.28. The smallest absolute Gasteiger partial charge is 0.229 e. The van der Waals surface area contributed by atoms with Crippen LogP contribution in [0.1, 0.15) is 19.4 Å². The molecule has 5 heteroatoms. The molecule has 0 heterocycles. The molecule has 0 saturated heterocycles. The first-order chi connectivity index (χ1) is 7.28. The summed E-state index contributed by atoms with van der Waals surface area (Å²) in [5, 5.41) is 0.415. The summed E-state index contributed by atoms with van der Waals surface area (Å²) in [4.78, 5) is 0. The standard InChI is InChI=1S/C11H16ClNO2S/c1-8(2)6-9-4-5-10(12)11(7-9)13-16(3,14)15/h4-5,7-8,13H,6H2,1-3H3. The van der Waals surface area contributed by atoms with Crippen molar-refractivity contribution in [2.75, 3.05) is 11.0 Å². The summed E-state index contributed by atoms with van der Waals surface area (Å²) in [6, 6.07) is 5.41. The van der Waals surface area contributed by atoms with Crippen LogP contribution in [0.2, 0.25) is 5.02 Å². The molecule has 0 amide bonds. The second-order valence-electron chi connectivity index (χ2n) is 4.29. The lowest BCUT2D eigenvalue weighted by atomic mass is 10.0. The van der Waals surface area contributed by atoms with Gasteiger partial charge in [-0.15, -0.1) is 0 Å². The Bertz CT molecular complexity index is 469. The minimum Gasteiger partial charge on any atom is -0.282 e. The Morgan fingerprint density at radius 2 is 2.00 bits per heavy atom. The maximum atomic E-state index is 11.1. The normalized spacial score (nSPS) is 11.8. The van der Waals surface area contributed by atoms with E-state index in [1.54, 1.807) is 12.1 Å². The average molecular weight is 262 g/mol. The van der Waals surface area contributed by atoms with Gasteiger partial charge in [0.15, 0.2) is 0 Å². The molecule has 1 rings (SSSR count). The summed E-state index contributed by atoms with van der Waals surface area (Å²) < 4.78 is 24.6.